The third-order valence-corrected chi connectivity index (χ3v) is 2.61. The predicted molar refractivity (Wildman–Crippen MR) is 67.7 cm³/mol. The number of nitrogens with zero attached hydrogens (tertiary/aromatic N) is 2. The van der Waals surface area contributed by atoms with Crippen LogP contribution in [0.25, 0.3) is 0 Å². The van der Waals surface area contributed by atoms with Crippen molar-refractivity contribution in [2.75, 3.05) is 18.4 Å². The van der Waals surface area contributed by atoms with Crippen LogP contribution < -0.4 is 10.6 Å². The summed E-state index contributed by atoms with van der Waals surface area (Å²) >= 11 is 1.17. The minimum Gasteiger partial charge on any atom is -0.480 e. The number of rotatable bonds is 5. The summed E-state index contributed by atoms with van der Waals surface area (Å²) in [5.41, 5.74) is -0.137. The Morgan fingerprint density at radius 2 is 2.00 bits per heavy atom. The third kappa shape index (κ3) is 4.66. The van der Waals surface area contributed by atoms with E-state index in [0.717, 1.165) is 0 Å². The zero-order valence-electron chi connectivity index (χ0n) is 10.5. The molecule has 0 radical (unpaired) electrons. The van der Waals surface area contributed by atoms with Crippen LogP contribution in [-0.4, -0.2) is 39.4 Å². The van der Waals surface area contributed by atoms with E-state index in [2.05, 4.69) is 20.0 Å². The van der Waals surface area contributed by atoms with Crippen molar-refractivity contribution in [3.8, 4) is 0 Å². The molecule has 0 aliphatic carbocycles. The Morgan fingerprint density at radius 1 is 1.33 bits per heavy atom. The lowest BCUT2D eigenvalue weighted by Gasteiger charge is -2.12. The van der Waals surface area contributed by atoms with Crippen LogP contribution in [0.4, 0.5) is 5.13 Å². The van der Waals surface area contributed by atoms with E-state index in [1.807, 2.05) is 20.8 Å². The number of hydrogen-bond donors (Lipinski definition) is 3. The van der Waals surface area contributed by atoms with Crippen molar-refractivity contribution in [1.82, 2.24) is 14.7 Å². The van der Waals surface area contributed by atoms with Crippen molar-refractivity contribution < 1.29 is 14.7 Å². The highest BCUT2D eigenvalue weighted by atomic mass is 32.1. The van der Waals surface area contributed by atoms with Gasteiger partial charge in [0.2, 0.25) is 11.0 Å². The summed E-state index contributed by atoms with van der Waals surface area (Å²) < 4.78 is 4.18. The van der Waals surface area contributed by atoms with Gasteiger partial charge >= 0.3 is 5.97 Å². The summed E-state index contributed by atoms with van der Waals surface area (Å²) in [6.07, 6.45) is 0. The molecule has 0 fully saturated rings. The van der Waals surface area contributed by atoms with Crippen LogP contribution >= 0.6 is 11.5 Å². The average molecular weight is 272 g/mol. The number of carboxylic acid groups (broad SMARTS) is 1. The molecule has 7 nitrogen and oxygen atoms in total. The largest absolute Gasteiger partial charge is 0.480 e. The molecule has 1 heterocycles. The van der Waals surface area contributed by atoms with E-state index in [-0.39, 0.29) is 18.5 Å². The van der Waals surface area contributed by atoms with E-state index in [1.165, 1.54) is 11.5 Å². The fraction of sp³-hybridized carbons (Fsp3) is 0.600. The van der Waals surface area contributed by atoms with Crippen LogP contribution in [0.15, 0.2) is 0 Å². The molecule has 0 saturated heterocycles. The number of hydrogen-bond acceptors (Lipinski definition) is 6. The van der Waals surface area contributed by atoms with E-state index >= 15 is 0 Å². The first kappa shape index (κ1) is 14.4. The van der Waals surface area contributed by atoms with Gasteiger partial charge in [-0.1, -0.05) is 20.8 Å². The Hall–Kier alpha value is -1.70. The van der Waals surface area contributed by atoms with Gasteiger partial charge in [-0.15, -0.1) is 0 Å². The topological polar surface area (TPSA) is 104 Å². The molecule has 0 unspecified atom stereocenters. The smallest absolute Gasteiger partial charge is 0.322 e. The quantitative estimate of drug-likeness (QED) is 0.719. The summed E-state index contributed by atoms with van der Waals surface area (Å²) in [5, 5.41) is 14.0. The summed E-state index contributed by atoms with van der Waals surface area (Å²) in [6.45, 7) is 5.59. The van der Waals surface area contributed by atoms with Gasteiger partial charge in [-0.3, -0.25) is 9.59 Å². The van der Waals surface area contributed by atoms with E-state index in [1.54, 1.807) is 0 Å². The Balaban J connectivity index is 2.42. The van der Waals surface area contributed by atoms with Crippen LogP contribution in [-0.2, 0) is 15.0 Å². The first-order valence-corrected chi connectivity index (χ1v) is 6.13. The van der Waals surface area contributed by atoms with Crippen LogP contribution in [0.5, 0.6) is 0 Å². The van der Waals surface area contributed by atoms with Gasteiger partial charge in [0.15, 0.2) is 0 Å². The van der Waals surface area contributed by atoms with E-state index < -0.39 is 11.9 Å². The molecule has 0 aliphatic heterocycles. The van der Waals surface area contributed by atoms with Crippen molar-refractivity contribution in [2.45, 2.75) is 26.2 Å². The molecule has 18 heavy (non-hydrogen) atoms. The Kier molecular flexibility index (Phi) is 4.60. The molecule has 0 spiro atoms. The maximum Gasteiger partial charge on any atom is 0.322 e. The van der Waals surface area contributed by atoms with Gasteiger partial charge in [-0.05, 0) is 0 Å². The maximum atomic E-state index is 11.2. The molecule has 3 N–H and O–H groups in total. The SMILES string of the molecule is CC(C)(C)c1nsc(NCC(=O)NCC(=O)O)n1. The number of amides is 1. The molecule has 0 atom stereocenters. The summed E-state index contributed by atoms with van der Waals surface area (Å²) in [4.78, 5) is 25.7. The molecule has 8 heteroatoms. The zero-order valence-corrected chi connectivity index (χ0v) is 11.3. The molecule has 0 bridgehead atoms. The van der Waals surface area contributed by atoms with Crippen molar-refractivity contribution in [3.05, 3.63) is 5.82 Å². The molecule has 1 aromatic heterocycles. The molecule has 100 valence electrons. The van der Waals surface area contributed by atoms with Gasteiger partial charge in [0, 0.05) is 16.9 Å². The second-order valence-corrected chi connectivity index (χ2v) is 5.45. The summed E-state index contributed by atoms with van der Waals surface area (Å²) in [5.74, 6) is -0.764. The highest BCUT2D eigenvalue weighted by Gasteiger charge is 2.19. The van der Waals surface area contributed by atoms with E-state index in [4.69, 9.17) is 5.11 Å². The van der Waals surface area contributed by atoms with Gasteiger partial charge in [0.25, 0.3) is 0 Å². The second kappa shape index (κ2) is 5.76. The maximum absolute atomic E-state index is 11.2. The predicted octanol–water partition coefficient (Wildman–Crippen LogP) is 0.448. The molecule has 1 rings (SSSR count). The van der Waals surface area contributed by atoms with Gasteiger partial charge in [0.1, 0.15) is 12.4 Å². The normalized spacial score (nSPS) is 11.1. The number of anilines is 1. The number of nitrogens with one attached hydrogen (secondary N) is 2. The van der Waals surface area contributed by atoms with Crippen molar-refractivity contribution >= 4 is 28.5 Å². The molecule has 0 aromatic carbocycles. The first-order valence-electron chi connectivity index (χ1n) is 5.35. The fourth-order valence-corrected chi connectivity index (χ4v) is 1.74. The molecular weight excluding hydrogens is 256 g/mol. The fourth-order valence-electron chi connectivity index (χ4n) is 0.993. The van der Waals surface area contributed by atoms with Crippen LogP contribution in [0.3, 0.4) is 0 Å². The van der Waals surface area contributed by atoms with Crippen LogP contribution in [0, 0.1) is 0 Å². The van der Waals surface area contributed by atoms with E-state index in [9.17, 15) is 9.59 Å². The Bertz CT molecular complexity index is 439. The van der Waals surface area contributed by atoms with Crippen molar-refractivity contribution in [3.63, 3.8) is 0 Å². The highest BCUT2D eigenvalue weighted by molar-refractivity contribution is 7.09. The number of carbonyl (C=O) groups excluding carboxylic acids is 1. The monoisotopic (exact) mass is 272 g/mol. The average Bonchev–Trinajstić information content (AvgIpc) is 2.71. The number of carbonyl (C=O) groups is 2. The summed E-state index contributed by atoms with van der Waals surface area (Å²) in [7, 11) is 0. The molecule has 0 saturated carbocycles. The second-order valence-electron chi connectivity index (χ2n) is 4.70. The number of carboxylic acids is 1. The zero-order chi connectivity index (χ0) is 13.8. The lowest BCUT2D eigenvalue weighted by atomic mass is 9.96. The summed E-state index contributed by atoms with van der Waals surface area (Å²) in [6, 6.07) is 0. The van der Waals surface area contributed by atoms with E-state index in [0.29, 0.717) is 11.0 Å². The lowest BCUT2D eigenvalue weighted by Crippen LogP contribution is -2.33. The third-order valence-electron chi connectivity index (χ3n) is 1.93. The Labute approximate surface area is 109 Å². The van der Waals surface area contributed by atoms with Gasteiger partial charge in [0.05, 0.1) is 6.54 Å². The van der Waals surface area contributed by atoms with Crippen LogP contribution in [0.1, 0.15) is 26.6 Å². The molecule has 1 amide bonds. The Morgan fingerprint density at radius 3 is 2.50 bits per heavy atom. The number of aliphatic carboxylic acids is 1. The van der Waals surface area contributed by atoms with Gasteiger partial charge in [-0.2, -0.15) is 4.37 Å². The van der Waals surface area contributed by atoms with Gasteiger partial charge < -0.3 is 15.7 Å². The highest BCUT2D eigenvalue weighted by Crippen LogP contribution is 2.22. The lowest BCUT2D eigenvalue weighted by molar-refractivity contribution is -0.137. The molecule has 0 aliphatic rings. The minimum atomic E-state index is -1.07. The minimum absolute atomic E-state index is 0.0218. The van der Waals surface area contributed by atoms with Gasteiger partial charge in [-0.25, -0.2) is 4.98 Å². The standard InChI is InChI=1S/C10H16N4O3S/c1-10(2,3)8-13-9(18-14-8)12-4-6(15)11-5-7(16)17/h4-5H2,1-3H3,(H,11,15)(H,16,17)(H,12,13,14). The van der Waals surface area contributed by atoms with Crippen molar-refractivity contribution in [1.29, 1.82) is 0 Å². The van der Waals surface area contributed by atoms with Crippen LogP contribution in [0.2, 0.25) is 0 Å². The molecular formula is C10H16N4O3S. The number of aromatic nitrogens is 2. The van der Waals surface area contributed by atoms with Crippen molar-refractivity contribution in [2.24, 2.45) is 0 Å². The molecule has 1 aromatic rings. The first-order chi connectivity index (χ1) is 8.29.